The molecule has 1 aromatic heterocycles. The van der Waals surface area contributed by atoms with Crippen LogP contribution in [0, 0.1) is 0 Å². The molecule has 0 saturated carbocycles. The van der Waals surface area contributed by atoms with Crippen LogP contribution in [-0.2, 0) is 17.1 Å². The van der Waals surface area contributed by atoms with E-state index in [0.29, 0.717) is 34.3 Å². The number of hydrogen-bond acceptors (Lipinski definition) is 6. The number of benzene rings is 3. The largest absolute Gasteiger partial charge is 2.00 e. The van der Waals surface area contributed by atoms with E-state index in [9.17, 15) is 0 Å². The molecule has 9 heteroatoms. The molecule has 1 radical (unpaired) electrons. The summed E-state index contributed by atoms with van der Waals surface area (Å²) in [5.41, 5.74) is 6.60. The van der Waals surface area contributed by atoms with Gasteiger partial charge >= 0.3 is 17.1 Å². The Morgan fingerprint density at radius 2 is 1.16 bits per heavy atom. The molecule has 44 heavy (non-hydrogen) atoms. The number of aromatic nitrogens is 1. The number of hydrogen-bond donors (Lipinski definition) is 0. The van der Waals surface area contributed by atoms with Gasteiger partial charge in [-0.25, -0.2) is 9.98 Å². The van der Waals surface area contributed by atoms with Gasteiger partial charge in [-0.2, -0.15) is 0 Å². The third-order valence-electron chi connectivity index (χ3n) is 7.55. The minimum Gasteiger partial charge on any atom is -0.611 e. The van der Waals surface area contributed by atoms with E-state index < -0.39 is 12.3 Å². The average Bonchev–Trinajstić information content (AvgIpc) is 3.77. The summed E-state index contributed by atoms with van der Waals surface area (Å²) in [5.74, 6) is 2.24. The first-order valence-corrected chi connectivity index (χ1v) is 14.4. The molecule has 4 aromatic rings. The van der Waals surface area contributed by atoms with Gasteiger partial charge < -0.3 is 20.3 Å². The Kier molecular flexibility index (Phi) is 8.01. The van der Waals surface area contributed by atoms with Crippen molar-refractivity contribution in [1.29, 1.82) is 0 Å². The summed E-state index contributed by atoms with van der Waals surface area (Å²) in [6.45, 7) is 9.89. The van der Waals surface area contributed by atoms with Gasteiger partial charge in [0, 0.05) is 33.2 Å². The number of rotatable bonds is 1. The second-order valence-electron chi connectivity index (χ2n) is 9.89. The summed E-state index contributed by atoms with van der Waals surface area (Å²) in [6.07, 6.45) is 4.71. The average molecular weight is 624 g/mol. The van der Waals surface area contributed by atoms with E-state index in [1.807, 2.05) is 93.6 Å². The maximum atomic E-state index is 5.05. The van der Waals surface area contributed by atoms with Crippen LogP contribution in [0.25, 0.3) is 16.1 Å². The molecular formula is C35H28CuN8. The Hall–Kier alpha value is -4.82. The fraction of sp³-hybridized carbons (Fsp3) is 0.143. The maximum Gasteiger partial charge on any atom is 2.00 e. The van der Waals surface area contributed by atoms with E-state index in [2.05, 4.69) is 18.7 Å². The predicted octanol–water partition coefficient (Wildman–Crippen LogP) is 6.23. The van der Waals surface area contributed by atoms with Gasteiger partial charge in [-0.15, -0.1) is 0 Å². The summed E-state index contributed by atoms with van der Waals surface area (Å²) in [7, 11) is 0. The van der Waals surface area contributed by atoms with Crippen LogP contribution < -0.4 is 16.0 Å². The third-order valence-corrected chi connectivity index (χ3v) is 7.55. The number of allylic oxidation sites excluding steroid dienone is 3. The molecule has 4 aliphatic rings. The van der Waals surface area contributed by atoms with E-state index in [-0.39, 0.29) is 17.1 Å². The van der Waals surface area contributed by atoms with Crippen molar-refractivity contribution in [3.05, 3.63) is 147 Å². The first-order chi connectivity index (χ1) is 21.2. The zero-order valence-electron chi connectivity index (χ0n) is 24.4. The van der Waals surface area contributed by atoms with Crippen molar-refractivity contribution in [2.24, 2.45) is 30.0 Å². The molecule has 3 aromatic carbocycles. The Labute approximate surface area is 265 Å². The zero-order chi connectivity index (χ0) is 29.5. The Morgan fingerprint density at radius 3 is 1.77 bits per heavy atom. The predicted molar refractivity (Wildman–Crippen MR) is 173 cm³/mol. The van der Waals surface area contributed by atoms with Crippen molar-refractivity contribution < 1.29 is 17.1 Å². The van der Waals surface area contributed by atoms with E-state index in [1.54, 1.807) is 6.08 Å². The molecule has 8 rings (SSSR count). The molecule has 2 unspecified atom stereocenters. The molecule has 0 saturated heterocycles. The van der Waals surface area contributed by atoms with Crippen molar-refractivity contribution in [2.75, 3.05) is 0 Å². The van der Waals surface area contributed by atoms with Crippen molar-refractivity contribution in [1.82, 2.24) is 4.98 Å². The summed E-state index contributed by atoms with van der Waals surface area (Å²) in [5, 5.41) is 6.80. The standard InChI is InChI=1S/C33H22N8.C2H6.Cu/c1-3-11-19-18(4-2)26-34-27(19)36-29-22-14-7-8-15-23(22)31(38-29)40-33-25-17-10-9-16-24(25)32(41-33)39-30-21-13-6-5-12-20(21)28(35-26)37-30;1-2;/h3-17,28,30H,1H2,2H3;1-2H3;/q-2;;+2/b18-4+,19-11+;;. The van der Waals surface area contributed by atoms with Gasteiger partial charge in [0.15, 0.2) is 11.7 Å². The van der Waals surface area contributed by atoms with Crippen molar-refractivity contribution in [3.8, 4) is 0 Å². The minimum atomic E-state index is -0.472. The topological polar surface area (TPSA) is 102 Å². The van der Waals surface area contributed by atoms with Crippen molar-refractivity contribution in [2.45, 2.75) is 33.1 Å². The van der Waals surface area contributed by atoms with Crippen LogP contribution in [0.3, 0.4) is 0 Å². The number of aliphatic imine (C=N–C) groups is 4. The Balaban J connectivity index is 0.00000112. The van der Waals surface area contributed by atoms with Crippen LogP contribution in [-0.4, -0.2) is 23.3 Å². The molecule has 0 aliphatic carbocycles. The van der Waals surface area contributed by atoms with Gasteiger partial charge in [-0.3, -0.25) is 9.98 Å². The van der Waals surface area contributed by atoms with Crippen LogP contribution in [0.5, 0.6) is 0 Å². The second-order valence-corrected chi connectivity index (χ2v) is 9.89. The molecule has 8 bridgehead atoms. The molecule has 219 valence electrons. The molecule has 4 aliphatic heterocycles. The van der Waals surface area contributed by atoms with Crippen molar-refractivity contribution in [3.63, 3.8) is 0 Å². The number of amidine groups is 4. The molecule has 0 fully saturated rings. The van der Waals surface area contributed by atoms with Crippen LogP contribution >= 0.6 is 0 Å². The minimum absolute atomic E-state index is 0. The van der Waals surface area contributed by atoms with Gasteiger partial charge in [0.25, 0.3) is 0 Å². The smallest absolute Gasteiger partial charge is 0.611 e. The summed E-state index contributed by atoms with van der Waals surface area (Å²) in [4.78, 5) is 34.7. The van der Waals surface area contributed by atoms with Gasteiger partial charge in [-0.1, -0.05) is 111 Å². The molecule has 5 heterocycles. The van der Waals surface area contributed by atoms with Crippen LogP contribution in [0.15, 0.2) is 139 Å². The number of fused-ring (bicyclic) bond motifs is 15. The first-order valence-electron chi connectivity index (χ1n) is 14.4. The fourth-order valence-electron chi connectivity index (χ4n) is 5.67. The van der Waals surface area contributed by atoms with Gasteiger partial charge in [0.05, 0.1) is 11.7 Å². The molecule has 0 spiro atoms. The SMILES string of the molecule is C=C/C=C1C2=NC(=N\C3[N-]C(/N=C4\N=C(N=c5[n-]c(c6ccccc56)=N2)c2ccccc24)c2ccccc23)/C/1=C/C.CC.[Cu+2]. The second kappa shape index (κ2) is 12.1. The Bertz CT molecular complexity index is 2130. The monoisotopic (exact) mass is 623 g/mol. The van der Waals surface area contributed by atoms with Gasteiger partial charge in [0.1, 0.15) is 0 Å². The van der Waals surface area contributed by atoms with E-state index in [1.165, 1.54) is 0 Å². The zero-order valence-corrected chi connectivity index (χ0v) is 25.3. The fourth-order valence-corrected chi connectivity index (χ4v) is 5.67. The van der Waals surface area contributed by atoms with Crippen LogP contribution in [0.1, 0.15) is 55.4 Å². The van der Waals surface area contributed by atoms with E-state index in [0.717, 1.165) is 44.2 Å². The summed E-state index contributed by atoms with van der Waals surface area (Å²) >= 11 is 0. The normalized spacial score (nSPS) is 23.3. The first kappa shape index (κ1) is 29.3. The maximum absolute atomic E-state index is 5.05. The molecule has 0 N–H and O–H groups in total. The summed E-state index contributed by atoms with van der Waals surface area (Å²) < 4.78 is 0. The molecule has 0 amide bonds. The van der Waals surface area contributed by atoms with Crippen LogP contribution in [0.4, 0.5) is 0 Å². The molecular weight excluding hydrogens is 596 g/mol. The van der Waals surface area contributed by atoms with Crippen LogP contribution in [0.2, 0.25) is 0 Å². The Morgan fingerprint density at radius 1 is 0.636 bits per heavy atom. The van der Waals surface area contributed by atoms with Crippen molar-refractivity contribution >= 4 is 34.1 Å². The van der Waals surface area contributed by atoms with E-state index in [4.69, 9.17) is 40.3 Å². The molecule has 2 atom stereocenters. The summed E-state index contributed by atoms with van der Waals surface area (Å²) in [6, 6.07) is 24.0. The quantitative estimate of drug-likeness (QED) is 0.230. The third kappa shape index (κ3) is 4.75. The van der Waals surface area contributed by atoms with Gasteiger partial charge in [0.2, 0.25) is 0 Å². The van der Waals surface area contributed by atoms with E-state index >= 15 is 0 Å². The van der Waals surface area contributed by atoms with Gasteiger partial charge in [-0.05, 0) is 41.2 Å². The number of nitrogens with zero attached hydrogens (tertiary/aromatic N) is 8. The molecule has 8 nitrogen and oxygen atoms in total.